The largest absolute Gasteiger partial charge is 0.497 e. The average Bonchev–Trinajstić information content (AvgIpc) is 3.21. The zero-order chi connectivity index (χ0) is 19.0. The molecule has 1 unspecified atom stereocenters. The second kappa shape index (κ2) is 7.38. The molecule has 8 nitrogen and oxygen atoms in total. The number of carbonyl (C=O) groups excluding carboxylic acids is 1. The Morgan fingerprint density at radius 3 is 2.33 bits per heavy atom. The van der Waals surface area contributed by atoms with Gasteiger partial charge in [-0.15, -0.1) is 0 Å². The number of amides is 1. The molecule has 0 aliphatic carbocycles. The van der Waals surface area contributed by atoms with Gasteiger partial charge < -0.3 is 19.1 Å². The summed E-state index contributed by atoms with van der Waals surface area (Å²) >= 11 is 0. The van der Waals surface area contributed by atoms with Crippen molar-refractivity contribution in [3.8, 4) is 5.75 Å². The quantitative estimate of drug-likeness (QED) is 0.736. The number of nitrogens with zero attached hydrogens (tertiary/aromatic N) is 2. The second-order valence-corrected chi connectivity index (χ2v) is 9.06. The summed E-state index contributed by atoms with van der Waals surface area (Å²) < 4.78 is 43.9. The van der Waals surface area contributed by atoms with Crippen LogP contribution >= 0.6 is 0 Å². The molecule has 1 aromatic carbocycles. The maximum Gasteiger partial charge on any atom is 0.251 e. The van der Waals surface area contributed by atoms with Crippen molar-refractivity contribution in [1.82, 2.24) is 9.21 Å². The number of rotatable bonds is 4. The van der Waals surface area contributed by atoms with Crippen LogP contribution in [0, 0.1) is 0 Å². The van der Waals surface area contributed by atoms with Gasteiger partial charge in [0.25, 0.3) is 5.91 Å². The summed E-state index contributed by atoms with van der Waals surface area (Å²) in [4.78, 5) is 14.6. The summed E-state index contributed by atoms with van der Waals surface area (Å²) in [6.07, 6.45) is 0.653. The molecule has 148 valence electrons. The number of hydrogen-bond donors (Lipinski definition) is 0. The summed E-state index contributed by atoms with van der Waals surface area (Å²) in [7, 11) is -2.07. The molecule has 0 N–H and O–H groups in total. The molecule has 0 saturated carbocycles. The molecule has 0 aromatic heterocycles. The van der Waals surface area contributed by atoms with Gasteiger partial charge in [0, 0.05) is 32.8 Å². The van der Waals surface area contributed by atoms with E-state index >= 15 is 0 Å². The Balaban J connectivity index is 1.45. The minimum Gasteiger partial charge on any atom is -0.497 e. The van der Waals surface area contributed by atoms with Gasteiger partial charge in [0.1, 0.15) is 11.9 Å². The molecule has 3 saturated heterocycles. The number of carbonyl (C=O) groups is 1. The number of morpholine rings is 2. The first-order valence-electron chi connectivity index (χ1n) is 9.17. The van der Waals surface area contributed by atoms with E-state index in [0.717, 1.165) is 12.8 Å². The average molecular weight is 396 g/mol. The van der Waals surface area contributed by atoms with Crippen molar-refractivity contribution in [3.63, 3.8) is 0 Å². The molecule has 27 heavy (non-hydrogen) atoms. The number of benzene rings is 1. The molecule has 3 heterocycles. The number of ether oxygens (including phenoxy) is 3. The van der Waals surface area contributed by atoms with Gasteiger partial charge in [-0.2, -0.15) is 4.31 Å². The molecule has 3 fully saturated rings. The third-order valence-electron chi connectivity index (χ3n) is 5.26. The molecule has 0 spiro atoms. The number of hydrogen-bond acceptors (Lipinski definition) is 6. The van der Waals surface area contributed by atoms with Gasteiger partial charge in [-0.05, 0) is 37.1 Å². The van der Waals surface area contributed by atoms with Gasteiger partial charge in [0.05, 0.1) is 24.2 Å². The lowest BCUT2D eigenvalue weighted by molar-refractivity contribution is -0.162. The van der Waals surface area contributed by atoms with Crippen molar-refractivity contribution in [1.29, 1.82) is 0 Å². The Morgan fingerprint density at radius 2 is 1.78 bits per heavy atom. The summed E-state index contributed by atoms with van der Waals surface area (Å²) in [6, 6.07) is 6.37. The van der Waals surface area contributed by atoms with Crippen molar-refractivity contribution in [3.05, 3.63) is 24.3 Å². The molecule has 3 aliphatic rings. The molecule has 1 amide bonds. The Bertz CT molecular complexity index is 777. The lowest BCUT2D eigenvalue weighted by atomic mass is 10.1. The molecule has 9 heteroatoms. The highest BCUT2D eigenvalue weighted by atomic mass is 32.2. The lowest BCUT2D eigenvalue weighted by Crippen LogP contribution is -2.62. The van der Waals surface area contributed by atoms with E-state index in [-0.39, 0.29) is 42.2 Å². The fourth-order valence-corrected chi connectivity index (χ4v) is 5.41. The highest BCUT2D eigenvalue weighted by Gasteiger charge is 2.42. The van der Waals surface area contributed by atoms with Gasteiger partial charge in [-0.1, -0.05) is 0 Å². The molecular weight excluding hydrogens is 372 g/mol. The van der Waals surface area contributed by atoms with Crippen molar-refractivity contribution in [2.24, 2.45) is 0 Å². The smallest absolute Gasteiger partial charge is 0.251 e. The first-order chi connectivity index (χ1) is 13.0. The van der Waals surface area contributed by atoms with Crippen LogP contribution in [0.1, 0.15) is 12.8 Å². The predicted molar refractivity (Wildman–Crippen MR) is 96.0 cm³/mol. The molecule has 2 bridgehead atoms. The SMILES string of the molecule is COc1ccc(S(=O)(=O)N2C[C@H]3CN(C(=O)C4CCCO4)C[C@@H](C2)O3)cc1. The van der Waals surface area contributed by atoms with Crippen molar-refractivity contribution in [2.45, 2.75) is 36.0 Å². The van der Waals surface area contributed by atoms with E-state index in [1.807, 2.05) is 0 Å². The summed E-state index contributed by atoms with van der Waals surface area (Å²) in [5.74, 6) is 0.605. The molecule has 3 atom stereocenters. The molecule has 3 aliphatic heterocycles. The molecular formula is C18H24N2O6S. The number of sulfonamides is 1. The monoisotopic (exact) mass is 396 g/mol. The van der Waals surface area contributed by atoms with E-state index in [4.69, 9.17) is 14.2 Å². The minimum atomic E-state index is -3.61. The van der Waals surface area contributed by atoms with Crippen LogP contribution in [0.3, 0.4) is 0 Å². The van der Waals surface area contributed by atoms with E-state index in [9.17, 15) is 13.2 Å². The third kappa shape index (κ3) is 3.69. The van der Waals surface area contributed by atoms with Gasteiger partial charge in [0.15, 0.2) is 0 Å². The lowest BCUT2D eigenvalue weighted by Gasteiger charge is -2.45. The summed E-state index contributed by atoms with van der Waals surface area (Å²) in [6.45, 7) is 1.88. The third-order valence-corrected chi connectivity index (χ3v) is 7.11. The fourth-order valence-electron chi connectivity index (χ4n) is 3.90. The zero-order valence-electron chi connectivity index (χ0n) is 15.2. The van der Waals surface area contributed by atoms with E-state index in [0.29, 0.717) is 25.4 Å². The maximum absolute atomic E-state index is 13.0. The second-order valence-electron chi connectivity index (χ2n) is 7.12. The standard InChI is InChI=1S/C18H24N2O6S/c1-24-13-4-6-16(7-5-13)27(22,23)20-11-14-9-19(10-15(12-20)26-14)18(21)17-3-2-8-25-17/h4-7,14-15,17H,2-3,8-12H2,1H3/t14-,15+,17?. The van der Waals surface area contributed by atoms with Crippen LogP contribution in [0.4, 0.5) is 0 Å². The van der Waals surface area contributed by atoms with Crippen LogP contribution in [0.5, 0.6) is 5.75 Å². The number of fused-ring (bicyclic) bond motifs is 2. The van der Waals surface area contributed by atoms with Crippen molar-refractivity contribution < 1.29 is 27.4 Å². The Labute approximate surface area is 159 Å². The van der Waals surface area contributed by atoms with Crippen LogP contribution < -0.4 is 4.74 Å². The van der Waals surface area contributed by atoms with Gasteiger partial charge in [-0.3, -0.25) is 4.79 Å². The normalized spacial score (nSPS) is 28.9. The van der Waals surface area contributed by atoms with Crippen LogP contribution in [0.2, 0.25) is 0 Å². The Morgan fingerprint density at radius 1 is 1.11 bits per heavy atom. The first-order valence-corrected chi connectivity index (χ1v) is 10.6. The van der Waals surface area contributed by atoms with Gasteiger partial charge in [-0.25, -0.2) is 8.42 Å². The van der Waals surface area contributed by atoms with E-state index in [2.05, 4.69) is 0 Å². The Hall–Kier alpha value is -1.68. The Kier molecular flexibility index (Phi) is 5.11. The van der Waals surface area contributed by atoms with Crippen LogP contribution in [-0.2, 0) is 24.3 Å². The summed E-state index contributed by atoms with van der Waals surface area (Å²) in [5.41, 5.74) is 0. The number of methoxy groups -OCH3 is 1. The van der Waals surface area contributed by atoms with Crippen LogP contribution in [0.25, 0.3) is 0 Å². The highest BCUT2D eigenvalue weighted by molar-refractivity contribution is 7.89. The molecule has 1 aromatic rings. The van der Waals surface area contributed by atoms with Crippen LogP contribution in [0.15, 0.2) is 29.2 Å². The summed E-state index contributed by atoms with van der Waals surface area (Å²) in [5, 5.41) is 0. The highest BCUT2D eigenvalue weighted by Crippen LogP contribution is 2.27. The van der Waals surface area contributed by atoms with E-state index < -0.39 is 10.0 Å². The molecule has 0 radical (unpaired) electrons. The fraction of sp³-hybridized carbons (Fsp3) is 0.611. The van der Waals surface area contributed by atoms with E-state index in [1.54, 1.807) is 29.2 Å². The topological polar surface area (TPSA) is 85.4 Å². The maximum atomic E-state index is 13.0. The molecule has 4 rings (SSSR count). The minimum absolute atomic E-state index is 0.00254. The van der Waals surface area contributed by atoms with E-state index in [1.165, 1.54) is 11.4 Å². The van der Waals surface area contributed by atoms with Gasteiger partial charge in [0.2, 0.25) is 10.0 Å². The van der Waals surface area contributed by atoms with Crippen molar-refractivity contribution in [2.75, 3.05) is 39.9 Å². The predicted octanol–water partition coefficient (Wildman–Crippen LogP) is 0.475. The van der Waals surface area contributed by atoms with Crippen molar-refractivity contribution >= 4 is 15.9 Å². The van der Waals surface area contributed by atoms with Crippen LogP contribution in [-0.4, -0.2) is 81.7 Å². The van der Waals surface area contributed by atoms with Gasteiger partial charge >= 0.3 is 0 Å². The zero-order valence-corrected chi connectivity index (χ0v) is 16.1. The first kappa shape index (κ1) is 18.7.